The Labute approximate surface area is 85.3 Å². The fourth-order valence-electron chi connectivity index (χ4n) is 2.08. The van der Waals surface area contributed by atoms with Crippen LogP contribution in [0.15, 0.2) is 11.8 Å². The maximum atomic E-state index is 6.08. The monoisotopic (exact) mass is 197 g/mol. The predicted molar refractivity (Wildman–Crippen MR) is 54.8 cm³/mol. The normalized spacial score (nSPS) is 29.5. The van der Waals surface area contributed by atoms with Gasteiger partial charge in [-0.3, -0.25) is 0 Å². The molecule has 80 valence electrons. The largest absolute Gasteiger partial charge is 0.497 e. The minimum atomic E-state index is 0.0852. The van der Waals surface area contributed by atoms with Crippen molar-refractivity contribution in [2.24, 2.45) is 11.7 Å². The van der Waals surface area contributed by atoms with Crippen LogP contribution in [0.25, 0.3) is 0 Å². The zero-order valence-electron chi connectivity index (χ0n) is 8.58. The van der Waals surface area contributed by atoms with Crippen molar-refractivity contribution in [3.63, 3.8) is 0 Å². The topological polar surface area (TPSA) is 44.5 Å². The molecule has 0 aromatic heterocycles. The highest BCUT2D eigenvalue weighted by Gasteiger charge is 2.22. The van der Waals surface area contributed by atoms with Crippen molar-refractivity contribution in [3.8, 4) is 0 Å². The van der Waals surface area contributed by atoms with Gasteiger partial charge in [-0.15, -0.1) is 0 Å². The fourth-order valence-corrected chi connectivity index (χ4v) is 2.08. The van der Waals surface area contributed by atoms with E-state index in [0.29, 0.717) is 5.92 Å². The summed E-state index contributed by atoms with van der Waals surface area (Å²) in [5.74, 6) is 1.64. The second-order valence-electron chi connectivity index (χ2n) is 4.17. The smallest absolute Gasteiger partial charge is 0.109 e. The SMILES string of the molecule is NC(CC1CCOC1)C1=CCCCO1. The number of allylic oxidation sites excluding steroid dienone is 1. The van der Waals surface area contributed by atoms with E-state index in [2.05, 4.69) is 6.08 Å². The molecule has 0 amide bonds. The Balaban J connectivity index is 1.81. The zero-order valence-corrected chi connectivity index (χ0v) is 8.58. The molecule has 0 bridgehead atoms. The third-order valence-electron chi connectivity index (χ3n) is 2.94. The van der Waals surface area contributed by atoms with E-state index in [1.165, 1.54) is 0 Å². The Kier molecular flexibility index (Phi) is 3.43. The van der Waals surface area contributed by atoms with Gasteiger partial charge in [-0.05, 0) is 37.7 Å². The van der Waals surface area contributed by atoms with Crippen LogP contribution >= 0.6 is 0 Å². The summed E-state index contributed by atoms with van der Waals surface area (Å²) in [6.07, 6.45) is 6.55. The van der Waals surface area contributed by atoms with Gasteiger partial charge in [0, 0.05) is 13.2 Å². The average Bonchev–Trinajstić information content (AvgIpc) is 2.72. The lowest BCUT2D eigenvalue weighted by Crippen LogP contribution is -2.28. The number of rotatable bonds is 3. The van der Waals surface area contributed by atoms with Crippen molar-refractivity contribution >= 4 is 0 Å². The minimum Gasteiger partial charge on any atom is -0.497 e. The van der Waals surface area contributed by atoms with E-state index in [4.69, 9.17) is 15.2 Å². The lowest BCUT2D eigenvalue weighted by atomic mass is 9.97. The van der Waals surface area contributed by atoms with E-state index in [-0.39, 0.29) is 6.04 Å². The molecule has 0 aliphatic carbocycles. The maximum absolute atomic E-state index is 6.08. The molecule has 0 aromatic rings. The lowest BCUT2D eigenvalue weighted by Gasteiger charge is -2.22. The van der Waals surface area contributed by atoms with Gasteiger partial charge in [0.1, 0.15) is 5.76 Å². The molecule has 0 radical (unpaired) electrons. The maximum Gasteiger partial charge on any atom is 0.109 e. The van der Waals surface area contributed by atoms with Gasteiger partial charge in [0.25, 0.3) is 0 Å². The van der Waals surface area contributed by atoms with Gasteiger partial charge < -0.3 is 15.2 Å². The third-order valence-corrected chi connectivity index (χ3v) is 2.94. The Hall–Kier alpha value is -0.540. The first-order valence-electron chi connectivity index (χ1n) is 5.52. The summed E-state index contributed by atoms with van der Waals surface area (Å²) in [6, 6.07) is 0.0852. The predicted octanol–water partition coefficient (Wildman–Crippen LogP) is 1.43. The molecule has 3 heteroatoms. The molecule has 1 saturated heterocycles. The molecule has 0 saturated carbocycles. The molecule has 0 aromatic carbocycles. The van der Waals surface area contributed by atoms with E-state index >= 15 is 0 Å². The second-order valence-corrected chi connectivity index (χ2v) is 4.17. The van der Waals surface area contributed by atoms with Crippen LogP contribution < -0.4 is 5.73 Å². The van der Waals surface area contributed by atoms with Crippen LogP contribution in [0, 0.1) is 5.92 Å². The number of hydrogen-bond donors (Lipinski definition) is 1. The molecule has 2 heterocycles. The highest BCUT2D eigenvalue weighted by Crippen LogP contribution is 2.22. The fraction of sp³-hybridized carbons (Fsp3) is 0.818. The Bertz CT molecular complexity index is 209. The van der Waals surface area contributed by atoms with Gasteiger partial charge in [0.2, 0.25) is 0 Å². The average molecular weight is 197 g/mol. The number of nitrogens with two attached hydrogens (primary N) is 1. The van der Waals surface area contributed by atoms with E-state index in [1.54, 1.807) is 0 Å². The van der Waals surface area contributed by atoms with Gasteiger partial charge in [-0.2, -0.15) is 0 Å². The summed E-state index contributed by atoms with van der Waals surface area (Å²) in [7, 11) is 0. The summed E-state index contributed by atoms with van der Waals surface area (Å²) < 4.78 is 10.9. The molecule has 2 atom stereocenters. The molecule has 3 nitrogen and oxygen atoms in total. The van der Waals surface area contributed by atoms with Crippen LogP contribution in [0.4, 0.5) is 0 Å². The van der Waals surface area contributed by atoms with Gasteiger partial charge in [0.05, 0.1) is 12.6 Å². The Morgan fingerprint density at radius 3 is 3.07 bits per heavy atom. The van der Waals surface area contributed by atoms with Crippen LogP contribution in [0.2, 0.25) is 0 Å². The standard InChI is InChI=1S/C11H19NO2/c12-10(7-9-4-6-13-8-9)11-3-1-2-5-14-11/h3,9-10H,1-2,4-8,12H2. The first-order valence-corrected chi connectivity index (χ1v) is 5.52. The Morgan fingerprint density at radius 2 is 2.43 bits per heavy atom. The highest BCUT2D eigenvalue weighted by atomic mass is 16.5. The van der Waals surface area contributed by atoms with Crippen molar-refractivity contribution in [1.82, 2.24) is 0 Å². The van der Waals surface area contributed by atoms with Gasteiger partial charge in [-0.25, -0.2) is 0 Å². The number of ether oxygens (including phenoxy) is 2. The quantitative estimate of drug-likeness (QED) is 0.744. The van der Waals surface area contributed by atoms with Crippen molar-refractivity contribution in [2.75, 3.05) is 19.8 Å². The highest BCUT2D eigenvalue weighted by molar-refractivity contribution is 5.04. The summed E-state index contributed by atoms with van der Waals surface area (Å²) in [6.45, 7) is 2.61. The summed E-state index contributed by atoms with van der Waals surface area (Å²) in [4.78, 5) is 0. The molecule has 2 rings (SSSR count). The number of hydrogen-bond acceptors (Lipinski definition) is 3. The van der Waals surface area contributed by atoms with Crippen LogP contribution in [0.5, 0.6) is 0 Å². The van der Waals surface area contributed by atoms with Crippen LogP contribution in [-0.4, -0.2) is 25.9 Å². The van der Waals surface area contributed by atoms with Crippen molar-refractivity contribution in [1.29, 1.82) is 0 Å². The van der Waals surface area contributed by atoms with Crippen molar-refractivity contribution < 1.29 is 9.47 Å². The molecule has 2 N–H and O–H groups in total. The van der Waals surface area contributed by atoms with Gasteiger partial charge in [-0.1, -0.05) is 0 Å². The second kappa shape index (κ2) is 4.80. The molecule has 2 unspecified atom stereocenters. The van der Waals surface area contributed by atoms with Crippen molar-refractivity contribution in [3.05, 3.63) is 11.8 Å². The van der Waals surface area contributed by atoms with E-state index in [9.17, 15) is 0 Å². The first kappa shape index (κ1) is 9.99. The van der Waals surface area contributed by atoms with Crippen LogP contribution in [0.1, 0.15) is 25.7 Å². The molecule has 2 aliphatic heterocycles. The molecule has 0 spiro atoms. The third kappa shape index (κ3) is 2.49. The van der Waals surface area contributed by atoms with Crippen molar-refractivity contribution in [2.45, 2.75) is 31.7 Å². The Morgan fingerprint density at radius 1 is 1.50 bits per heavy atom. The lowest BCUT2D eigenvalue weighted by molar-refractivity contribution is 0.161. The van der Waals surface area contributed by atoms with E-state index in [1.807, 2.05) is 0 Å². The van der Waals surface area contributed by atoms with Crippen LogP contribution in [0.3, 0.4) is 0 Å². The van der Waals surface area contributed by atoms with Crippen LogP contribution in [-0.2, 0) is 9.47 Å². The summed E-state index contributed by atoms with van der Waals surface area (Å²) in [5.41, 5.74) is 6.08. The molecule has 14 heavy (non-hydrogen) atoms. The summed E-state index contributed by atoms with van der Waals surface area (Å²) in [5, 5.41) is 0. The first-order chi connectivity index (χ1) is 6.86. The van der Waals surface area contributed by atoms with E-state index in [0.717, 1.165) is 51.3 Å². The molecular weight excluding hydrogens is 178 g/mol. The molecular formula is C11H19NO2. The van der Waals surface area contributed by atoms with Gasteiger partial charge in [0.15, 0.2) is 0 Å². The minimum absolute atomic E-state index is 0.0852. The molecule has 2 aliphatic rings. The molecule has 1 fully saturated rings. The van der Waals surface area contributed by atoms with Gasteiger partial charge >= 0.3 is 0 Å². The van der Waals surface area contributed by atoms with E-state index < -0.39 is 0 Å². The summed E-state index contributed by atoms with van der Waals surface area (Å²) >= 11 is 0. The zero-order chi connectivity index (χ0) is 9.80.